The van der Waals surface area contributed by atoms with E-state index in [1.165, 1.54) is 11.1 Å². The maximum Gasteiger partial charge on any atom is 2.00 e. The van der Waals surface area contributed by atoms with Gasteiger partial charge in [-0.2, -0.15) is 0 Å². The van der Waals surface area contributed by atoms with Crippen LogP contribution in [0.25, 0.3) is 0 Å². The molecule has 48 heavy (non-hydrogen) atoms. The Balaban J connectivity index is 0. The van der Waals surface area contributed by atoms with Crippen LogP contribution < -0.4 is 10.2 Å². The van der Waals surface area contributed by atoms with Crippen molar-refractivity contribution in [2.45, 2.75) is 121 Å². The molecule has 0 aromatic heterocycles. The van der Waals surface area contributed by atoms with E-state index in [9.17, 15) is 10.2 Å². The van der Waals surface area contributed by atoms with E-state index in [1.54, 1.807) is 12.4 Å². The van der Waals surface area contributed by atoms with Gasteiger partial charge in [-0.05, 0) is 123 Å². The molecular formula is C39H60CoN2O6. The zero-order chi connectivity index (χ0) is 36.1. The molecule has 0 atom stereocenters. The van der Waals surface area contributed by atoms with Gasteiger partial charge in [0.2, 0.25) is 0 Å². The van der Waals surface area contributed by atoms with Crippen molar-refractivity contribution >= 4 is 24.4 Å². The van der Waals surface area contributed by atoms with E-state index in [2.05, 4.69) is 89.6 Å². The summed E-state index contributed by atoms with van der Waals surface area (Å²) < 4.78 is 0. The van der Waals surface area contributed by atoms with Crippen molar-refractivity contribution in [2.24, 2.45) is 33.7 Å². The second kappa shape index (κ2) is 25.8. The van der Waals surface area contributed by atoms with Crippen LogP contribution in [0.2, 0.25) is 0 Å². The van der Waals surface area contributed by atoms with Gasteiger partial charge in [0.1, 0.15) is 18.2 Å². The van der Waals surface area contributed by atoms with Gasteiger partial charge in [0.25, 0.3) is 0 Å². The number of hydrogen-bond acceptors (Lipinski definition) is 8. The Bertz CT molecular complexity index is 1180. The zero-order valence-electron chi connectivity index (χ0n) is 30.9. The minimum Gasteiger partial charge on any atom is -0.550 e. The monoisotopic (exact) mass is 711 g/mol. The average molecular weight is 712 g/mol. The summed E-state index contributed by atoms with van der Waals surface area (Å²) in [5, 5.41) is 39.7. The summed E-state index contributed by atoms with van der Waals surface area (Å²) in [6.45, 7) is 20.0. The fourth-order valence-corrected chi connectivity index (χ4v) is 4.57. The molecule has 9 heteroatoms. The fourth-order valence-electron chi connectivity index (χ4n) is 4.57. The molecular weight excluding hydrogens is 651 g/mol. The third-order valence-corrected chi connectivity index (χ3v) is 7.18. The number of carbonyl (C=O) groups is 2. The third-order valence-electron chi connectivity index (χ3n) is 7.18. The van der Waals surface area contributed by atoms with E-state index in [4.69, 9.17) is 19.8 Å². The van der Waals surface area contributed by atoms with Crippen LogP contribution in [0.15, 0.2) is 34.3 Å². The third kappa shape index (κ3) is 23.2. The molecule has 0 heterocycles. The fraction of sp³-hybridized carbons (Fsp3) is 0.590. The van der Waals surface area contributed by atoms with Crippen LogP contribution in [-0.4, -0.2) is 41.2 Å². The van der Waals surface area contributed by atoms with Gasteiger partial charge in [-0.3, -0.25) is 9.98 Å². The van der Waals surface area contributed by atoms with Gasteiger partial charge in [-0.15, -0.1) is 0 Å². The van der Waals surface area contributed by atoms with Gasteiger partial charge in [0, 0.05) is 35.5 Å². The first kappa shape index (κ1) is 46.9. The van der Waals surface area contributed by atoms with Crippen LogP contribution in [-0.2, 0) is 52.1 Å². The number of benzene rings is 2. The topological polar surface area (TPSA) is 145 Å². The summed E-state index contributed by atoms with van der Waals surface area (Å²) in [7, 11) is 0. The summed E-state index contributed by atoms with van der Waals surface area (Å²) in [6.07, 6.45) is 11.5. The summed E-state index contributed by atoms with van der Waals surface area (Å²) in [5.41, 5.74) is 6.04. The van der Waals surface area contributed by atoms with Gasteiger partial charge in [-0.1, -0.05) is 67.5 Å². The Labute approximate surface area is 300 Å². The molecule has 0 bridgehead atoms. The van der Waals surface area contributed by atoms with Crippen LogP contribution >= 0.6 is 0 Å². The van der Waals surface area contributed by atoms with Crippen LogP contribution in [0, 0.1) is 23.7 Å². The van der Waals surface area contributed by atoms with Gasteiger partial charge < -0.3 is 30.0 Å². The van der Waals surface area contributed by atoms with Crippen LogP contribution in [0.5, 0.6) is 11.5 Å². The molecule has 2 aromatic carbocycles. The van der Waals surface area contributed by atoms with E-state index < -0.39 is 11.9 Å². The molecule has 0 aliphatic carbocycles. The predicted octanol–water partition coefficient (Wildman–Crippen LogP) is 6.46. The molecule has 271 valence electrons. The minimum absolute atomic E-state index is 0. The number of carbonyl (C=O) groups excluding carboxylic acids is 2. The van der Waals surface area contributed by atoms with E-state index in [1.807, 2.05) is 0 Å². The Morgan fingerprint density at radius 1 is 0.604 bits per heavy atom. The molecule has 2 N–H and O–H groups in total. The van der Waals surface area contributed by atoms with Crippen molar-refractivity contribution in [1.82, 2.24) is 0 Å². The Hall–Kier alpha value is -3.17. The second-order valence-corrected chi connectivity index (χ2v) is 13.9. The molecule has 0 saturated heterocycles. The minimum atomic E-state index is -1.08. The normalized spacial score (nSPS) is 11.1. The molecule has 0 spiro atoms. The van der Waals surface area contributed by atoms with Gasteiger partial charge in [-0.25, -0.2) is 0 Å². The molecule has 0 unspecified atom stereocenters. The molecule has 2 rings (SSSR count). The van der Waals surface area contributed by atoms with Crippen molar-refractivity contribution in [3.05, 3.63) is 57.6 Å². The maximum atomic E-state index is 11.0. The van der Waals surface area contributed by atoms with Crippen molar-refractivity contribution in [2.75, 3.05) is 6.67 Å². The summed E-state index contributed by atoms with van der Waals surface area (Å²) in [6, 6.07) is 8.46. The first-order valence-electron chi connectivity index (χ1n) is 17.0. The summed E-state index contributed by atoms with van der Waals surface area (Å²) in [5.74, 6) is 0.942. The SMILES string of the molecule is CC(=O)[O-].CC(=O)[O-].CC(C)CCc1cc(C=NCN=Cc2cc(CCC(C)C)cc(CCC(C)C)c2O)c(O)c(CCC(C)C)c1.[Co+2]. The van der Waals surface area contributed by atoms with Crippen LogP contribution in [0.3, 0.4) is 0 Å². The van der Waals surface area contributed by atoms with Crippen LogP contribution in [0.1, 0.15) is 128 Å². The number of aromatic hydroxyl groups is 2. The first-order valence-corrected chi connectivity index (χ1v) is 17.0. The van der Waals surface area contributed by atoms with Crippen molar-refractivity contribution in [3.8, 4) is 11.5 Å². The van der Waals surface area contributed by atoms with E-state index in [-0.39, 0.29) is 23.4 Å². The van der Waals surface area contributed by atoms with E-state index >= 15 is 0 Å². The number of aliphatic carboxylic acids is 2. The molecule has 0 fully saturated rings. The molecule has 2 aromatic rings. The van der Waals surface area contributed by atoms with Gasteiger partial charge in [0.15, 0.2) is 0 Å². The largest absolute Gasteiger partial charge is 2.00 e. The Morgan fingerprint density at radius 2 is 0.875 bits per heavy atom. The number of aliphatic imine (C=N–C) groups is 2. The molecule has 0 aliphatic heterocycles. The molecule has 1 radical (unpaired) electrons. The predicted molar refractivity (Wildman–Crippen MR) is 190 cm³/mol. The molecule has 8 nitrogen and oxygen atoms in total. The standard InChI is InChI=1S/C35H54N2O2.2C2H4O2.Co/c1-24(2)9-13-28-17-30(15-11-26(5)6)34(38)32(19-28)21-36-23-37-22-33-20-29(14-10-25(3)4)18-31(35(33)39)16-12-27(7)8;2*1-2(3)4;/h17-22,24-27,38-39H,9-16,23H2,1-8H3;2*1H3,(H,3,4);/q;;;+2/p-2. The van der Waals surface area contributed by atoms with E-state index in [0.717, 1.165) is 87.5 Å². The number of rotatable bonds is 16. The number of aryl methyl sites for hydroxylation is 4. The number of phenols is 2. The average Bonchev–Trinajstić information content (AvgIpc) is 2.94. The summed E-state index contributed by atoms with van der Waals surface area (Å²) in [4.78, 5) is 26.8. The van der Waals surface area contributed by atoms with Gasteiger partial charge >= 0.3 is 16.8 Å². The smallest absolute Gasteiger partial charge is 0.550 e. The van der Waals surface area contributed by atoms with Gasteiger partial charge in [0.05, 0.1) is 0 Å². The number of carboxylic acids is 2. The van der Waals surface area contributed by atoms with Crippen molar-refractivity contribution in [3.63, 3.8) is 0 Å². The van der Waals surface area contributed by atoms with Crippen LogP contribution in [0.4, 0.5) is 0 Å². The Morgan fingerprint density at radius 3 is 1.15 bits per heavy atom. The number of carboxylic acid groups (broad SMARTS) is 2. The Kier molecular flexibility index (Phi) is 25.2. The number of hydrogen-bond donors (Lipinski definition) is 2. The summed E-state index contributed by atoms with van der Waals surface area (Å²) >= 11 is 0. The number of nitrogens with zero attached hydrogens (tertiary/aromatic N) is 2. The molecule has 0 amide bonds. The van der Waals surface area contributed by atoms with Crippen molar-refractivity contribution < 1.29 is 46.8 Å². The second-order valence-electron chi connectivity index (χ2n) is 13.9. The van der Waals surface area contributed by atoms with Crippen molar-refractivity contribution in [1.29, 1.82) is 0 Å². The number of phenolic OH excluding ortho intramolecular Hbond substituents is 2. The quantitative estimate of drug-likeness (QED) is 0.191. The van der Waals surface area contributed by atoms with E-state index in [0.29, 0.717) is 35.2 Å². The zero-order valence-corrected chi connectivity index (χ0v) is 31.9. The molecule has 0 saturated carbocycles. The first-order chi connectivity index (χ1) is 21.9. The molecule has 0 aliphatic rings. The maximum absolute atomic E-state index is 11.0.